The summed E-state index contributed by atoms with van der Waals surface area (Å²) in [5.41, 5.74) is 2.51. The van der Waals surface area contributed by atoms with Crippen LogP contribution in [0.3, 0.4) is 0 Å². The number of ether oxygens (including phenoxy) is 1. The Morgan fingerprint density at radius 3 is 2.88 bits per heavy atom. The first-order chi connectivity index (χ1) is 7.74. The Labute approximate surface area is 98.2 Å². The topological polar surface area (TPSA) is 12.5 Å². The van der Waals surface area contributed by atoms with Crippen molar-refractivity contribution in [2.24, 2.45) is 5.92 Å². The van der Waals surface area contributed by atoms with Gasteiger partial charge in [0.15, 0.2) is 0 Å². The third-order valence-electron chi connectivity index (χ3n) is 3.62. The van der Waals surface area contributed by atoms with Crippen LogP contribution < -0.4 is 9.64 Å². The van der Waals surface area contributed by atoms with Crippen LogP contribution in [0.5, 0.6) is 5.75 Å². The summed E-state index contributed by atoms with van der Waals surface area (Å²) in [7, 11) is 1.74. The SMILES string of the molecule is CCC1CCN(c2ccc(C)c(OC)c2)C1. The van der Waals surface area contributed by atoms with Gasteiger partial charge in [0, 0.05) is 24.8 Å². The minimum absolute atomic E-state index is 0.868. The molecule has 1 unspecified atom stereocenters. The molecule has 0 saturated carbocycles. The first kappa shape index (κ1) is 11.3. The van der Waals surface area contributed by atoms with E-state index in [4.69, 9.17) is 4.74 Å². The standard InChI is InChI=1S/C14H21NO/c1-4-12-7-8-15(10-12)13-6-5-11(2)14(9-13)16-3/h5-6,9,12H,4,7-8,10H2,1-3H3. The molecule has 1 aromatic rings. The lowest BCUT2D eigenvalue weighted by Gasteiger charge is -2.19. The minimum Gasteiger partial charge on any atom is -0.496 e. The van der Waals surface area contributed by atoms with Crippen LogP contribution in [0.25, 0.3) is 0 Å². The van der Waals surface area contributed by atoms with Crippen molar-refractivity contribution in [3.63, 3.8) is 0 Å². The average molecular weight is 219 g/mol. The summed E-state index contributed by atoms with van der Waals surface area (Å²) in [6, 6.07) is 6.51. The Hall–Kier alpha value is -1.18. The number of hydrogen-bond acceptors (Lipinski definition) is 2. The van der Waals surface area contributed by atoms with Gasteiger partial charge in [-0.1, -0.05) is 19.4 Å². The first-order valence-electron chi connectivity index (χ1n) is 6.14. The molecule has 1 aromatic carbocycles. The number of hydrogen-bond donors (Lipinski definition) is 0. The average Bonchev–Trinajstić information content (AvgIpc) is 2.78. The summed E-state index contributed by atoms with van der Waals surface area (Å²) >= 11 is 0. The van der Waals surface area contributed by atoms with Crippen molar-refractivity contribution in [3.05, 3.63) is 23.8 Å². The Kier molecular flexibility index (Phi) is 3.37. The lowest BCUT2D eigenvalue weighted by Crippen LogP contribution is -2.19. The smallest absolute Gasteiger partial charge is 0.123 e. The van der Waals surface area contributed by atoms with Crippen LogP contribution in [0, 0.1) is 12.8 Å². The zero-order chi connectivity index (χ0) is 11.5. The zero-order valence-electron chi connectivity index (χ0n) is 10.5. The molecule has 2 rings (SSSR count). The Balaban J connectivity index is 2.15. The molecule has 1 saturated heterocycles. The molecular formula is C14H21NO. The van der Waals surface area contributed by atoms with Crippen LogP contribution in [-0.2, 0) is 0 Å². The molecule has 1 heterocycles. The van der Waals surface area contributed by atoms with E-state index in [-0.39, 0.29) is 0 Å². The number of rotatable bonds is 3. The molecule has 1 aliphatic heterocycles. The fourth-order valence-corrected chi connectivity index (χ4v) is 2.41. The fraction of sp³-hybridized carbons (Fsp3) is 0.571. The molecule has 16 heavy (non-hydrogen) atoms. The molecule has 1 atom stereocenters. The van der Waals surface area contributed by atoms with Crippen molar-refractivity contribution in [1.82, 2.24) is 0 Å². The number of benzene rings is 1. The number of aryl methyl sites for hydroxylation is 1. The molecule has 0 bridgehead atoms. The van der Waals surface area contributed by atoms with E-state index >= 15 is 0 Å². The van der Waals surface area contributed by atoms with E-state index in [1.54, 1.807) is 7.11 Å². The minimum atomic E-state index is 0.868. The molecule has 2 heteroatoms. The first-order valence-corrected chi connectivity index (χ1v) is 6.14. The van der Waals surface area contributed by atoms with Gasteiger partial charge in [-0.2, -0.15) is 0 Å². The highest BCUT2D eigenvalue weighted by Crippen LogP contribution is 2.29. The highest BCUT2D eigenvalue weighted by molar-refractivity contribution is 5.54. The summed E-state index contributed by atoms with van der Waals surface area (Å²) in [5, 5.41) is 0. The molecule has 1 aliphatic rings. The monoisotopic (exact) mass is 219 g/mol. The summed E-state index contributed by atoms with van der Waals surface area (Å²) in [5.74, 6) is 1.87. The highest BCUT2D eigenvalue weighted by atomic mass is 16.5. The van der Waals surface area contributed by atoms with E-state index < -0.39 is 0 Å². The van der Waals surface area contributed by atoms with Crippen molar-refractivity contribution < 1.29 is 4.74 Å². The van der Waals surface area contributed by atoms with Crippen LogP contribution in [0.4, 0.5) is 5.69 Å². The molecule has 0 aliphatic carbocycles. The van der Waals surface area contributed by atoms with Gasteiger partial charge in [0.25, 0.3) is 0 Å². The Bertz CT molecular complexity index is 362. The second-order valence-corrected chi connectivity index (χ2v) is 4.66. The zero-order valence-corrected chi connectivity index (χ0v) is 10.5. The van der Waals surface area contributed by atoms with E-state index in [2.05, 4.69) is 36.9 Å². The van der Waals surface area contributed by atoms with Gasteiger partial charge in [-0.3, -0.25) is 0 Å². The molecular weight excluding hydrogens is 198 g/mol. The normalized spacial score (nSPS) is 20.2. The summed E-state index contributed by atoms with van der Waals surface area (Å²) < 4.78 is 5.37. The maximum absolute atomic E-state index is 5.37. The second kappa shape index (κ2) is 4.77. The quantitative estimate of drug-likeness (QED) is 0.774. The summed E-state index contributed by atoms with van der Waals surface area (Å²) in [6.07, 6.45) is 2.62. The third kappa shape index (κ3) is 2.16. The van der Waals surface area contributed by atoms with Gasteiger partial charge >= 0.3 is 0 Å². The Morgan fingerprint density at radius 1 is 1.44 bits per heavy atom. The van der Waals surface area contributed by atoms with Crippen molar-refractivity contribution in [3.8, 4) is 5.75 Å². The van der Waals surface area contributed by atoms with E-state index in [0.717, 1.165) is 11.7 Å². The summed E-state index contributed by atoms with van der Waals surface area (Å²) in [4.78, 5) is 2.47. The number of anilines is 1. The van der Waals surface area contributed by atoms with Gasteiger partial charge in [0.1, 0.15) is 5.75 Å². The second-order valence-electron chi connectivity index (χ2n) is 4.66. The fourth-order valence-electron chi connectivity index (χ4n) is 2.41. The molecule has 0 amide bonds. The van der Waals surface area contributed by atoms with Crippen LogP contribution >= 0.6 is 0 Å². The largest absolute Gasteiger partial charge is 0.496 e. The molecule has 88 valence electrons. The van der Waals surface area contributed by atoms with Crippen LogP contribution in [0.2, 0.25) is 0 Å². The van der Waals surface area contributed by atoms with Gasteiger partial charge in [0.05, 0.1) is 7.11 Å². The van der Waals surface area contributed by atoms with Crippen molar-refractivity contribution >= 4 is 5.69 Å². The van der Waals surface area contributed by atoms with Gasteiger partial charge in [-0.15, -0.1) is 0 Å². The molecule has 1 fully saturated rings. The lowest BCUT2D eigenvalue weighted by atomic mass is 10.1. The van der Waals surface area contributed by atoms with Crippen molar-refractivity contribution in [2.75, 3.05) is 25.1 Å². The lowest BCUT2D eigenvalue weighted by molar-refractivity contribution is 0.411. The van der Waals surface area contributed by atoms with Gasteiger partial charge in [0.2, 0.25) is 0 Å². The maximum Gasteiger partial charge on any atom is 0.123 e. The van der Waals surface area contributed by atoms with E-state index in [1.807, 2.05) is 0 Å². The van der Waals surface area contributed by atoms with Gasteiger partial charge in [-0.25, -0.2) is 0 Å². The van der Waals surface area contributed by atoms with E-state index in [9.17, 15) is 0 Å². The van der Waals surface area contributed by atoms with Gasteiger partial charge in [-0.05, 0) is 30.9 Å². The molecule has 2 nitrogen and oxygen atoms in total. The Morgan fingerprint density at radius 2 is 2.25 bits per heavy atom. The maximum atomic E-state index is 5.37. The summed E-state index contributed by atoms with van der Waals surface area (Å²) in [6.45, 7) is 6.75. The predicted octanol–water partition coefficient (Wildman–Crippen LogP) is 3.24. The van der Waals surface area contributed by atoms with Crippen LogP contribution in [0.1, 0.15) is 25.3 Å². The number of nitrogens with zero attached hydrogens (tertiary/aromatic N) is 1. The van der Waals surface area contributed by atoms with Crippen LogP contribution in [-0.4, -0.2) is 20.2 Å². The molecule has 0 aromatic heterocycles. The van der Waals surface area contributed by atoms with Crippen LogP contribution in [0.15, 0.2) is 18.2 Å². The highest BCUT2D eigenvalue weighted by Gasteiger charge is 2.21. The van der Waals surface area contributed by atoms with E-state index in [1.165, 1.54) is 37.2 Å². The third-order valence-corrected chi connectivity index (χ3v) is 3.62. The molecule has 0 radical (unpaired) electrons. The molecule has 0 spiro atoms. The van der Waals surface area contributed by atoms with Crippen molar-refractivity contribution in [2.45, 2.75) is 26.7 Å². The molecule has 0 N–H and O–H groups in total. The number of methoxy groups -OCH3 is 1. The van der Waals surface area contributed by atoms with E-state index in [0.29, 0.717) is 0 Å². The van der Waals surface area contributed by atoms with Crippen molar-refractivity contribution in [1.29, 1.82) is 0 Å². The predicted molar refractivity (Wildman–Crippen MR) is 68.3 cm³/mol. The van der Waals surface area contributed by atoms with Gasteiger partial charge < -0.3 is 9.64 Å².